The van der Waals surface area contributed by atoms with Crippen LogP contribution in [-0.4, -0.2) is 41.2 Å². The first kappa shape index (κ1) is 27.2. The molecule has 0 unspecified atom stereocenters. The number of nitrogens with one attached hydrogen (secondary N) is 2. The molecule has 38 heavy (non-hydrogen) atoms. The lowest BCUT2D eigenvalue weighted by Crippen LogP contribution is -2.18. The van der Waals surface area contributed by atoms with Gasteiger partial charge in [-0.1, -0.05) is 29.8 Å². The summed E-state index contributed by atoms with van der Waals surface area (Å²) in [6.45, 7) is 6.14. The summed E-state index contributed by atoms with van der Waals surface area (Å²) in [5.41, 5.74) is 5.05. The molecule has 2 aromatic heterocycles. The smallest absolute Gasteiger partial charge is 0.274 e. The minimum Gasteiger partial charge on any atom is -0.496 e. The molecule has 2 heterocycles. The molecule has 1 radical (unpaired) electrons. The number of hydrogen-bond acceptors (Lipinski definition) is 6. The first-order valence-electron chi connectivity index (χ1n) is 11.9. The zero-order valence-electron chi connectivity index (χ0n) is 21.0. The van der Waals surface area contributed by atoms with Gasteiger partial charge in [0.15, 0.2) is 0 Å². The number of anilines is 1. The Kier molecular flexibility index (Phi) is 8.68. The zero-order chi connectivity index (χ0) is 27.2. The van der Waals surface area contributed by atoms with Crippen molar-refractivity contribution in [3.05, 3.63) is 101 Å². The van der Waals surface area contributed by atoms with Crippen LogP contribution in [0, 0.1) is 19.7 Å². The predicted octanol–water partition coefficient (Wildman–Crippen LogP) is 5.44. The minimum atomic E-state index is -0.477. The van der Waals surface area contributed by atoms with Crippen molar-refractivity contribution in [1.29, 1.82) is 0 Å². The van der Waals surface area contributed by atoms with E-state index in [0.29, 0.717) is 51.0 Å². The van der Waals surface area contributed by atoms with Gasteiger partial charge in [0.2, 0.25) is 0 Å². The highest BCUT2D eigenvalue weighted by Crippen LogP contribution is 2.39. The third kappa shape index (κ3) is 5.83. The molecule has 0 saturated carbocycles. The molecule has 9 heteroatoms. The van der Waals surface area contributed by atoms with Crippen molar-refractivity contribution in [1.82, 2.24) is 15.3 Å². The van der Waals surface area contributed by atoms with E-state index in [2.05, 4.69) is 27.5 Å². The number of aliphatic hydroxyl groups excluding tert-OH is 1. The molecule has 0 aliphatic heterocycles. The van der Waals surface area contributed by atoms with Gasteiger partial charge in [-0.25, -0.2) is 4.39 Å². The normalized spacial score (nSPS) is 10.9. The van der Waals surface area contributed by atoms with Gasteiger partial charge in [-0.3, -0.25) is 14.8 Å². The van der Waals surface area contributed by atoms with E-state index >= 15 is 4.39 Å². The summed E-state index contributed by atoms with van der Waals surface area (Å²) in [7, 11) is 1.46. The van der Waals surface area contributed by atoms with Gasteiger partial charge in [-0.05, 0) is 60.9 Å². The predicted molar refractivity (Wildman–Crippen MR) is 147 cm³/mol. The average molecular weight is 534 g/mol. The van der Waals surface area contributed by atoms with E-state index in [4.69, 9.17) is 21.4 Å². The van der Waals surface area contributed by atoms with Crippen LogP contribution in [0.1, 0.15) is 27.2 Å². The molecule has 2 aromatic carbocycles. The van der Waals surface area contributed by atoms with Crippen LogP contribution in [0.3, 0.4) is 0 Å². The molecule has 195 valence electrons. The summed E-state index contributed by atoms with van der Waals surface area (Å²) in [6, 6.07) is 13.7. The molecular formula is C29H27ClFN4O3. The van der Waals surface area contributed by atoms with Crippen molar-refractivity contribution in [3.8, 4) is 28.1 Å². The fourth-order valence-electron chi connectivity index (χ4n) is 4.06. The van der Waals surface area contributed by atoms with E-state index in [1.54, 1.807) is 36.5 Å². The number of rotatable bonds is 9. The number of methoxy groups -OCH3 is 1. The molecule has 0 atom stereocenters. The Morgan fingerprint density at radius 3 is 2.68 bits per heavy atom. The van der Waals surface area contributed by atoms with Gasteiger partial charge in [-0.15, -0.1) is 0 Å². The first-order valence-corrected chi connectivity index (χ1v) is 12.2. The van der Waals surface area contributed by atoms with Crippen molar-refractivity contribution in [2.45, 2.75) is 13.5 Å². The number of hydrogen-bond donors (Lipinski definition) is 3. The lowest BCUT2D eigenvalue weighted by atomic mass is 9.97. The number of ether oxygens (including phenoxy) is 1. The SMILES string of the molecule is [CH2]c1ccc(C(=O)Nc2cccc(-c3ccnc(-c4cc(F)c(CNCCO)c(OC)c4)c3Cl)c2C)nc1. The van der Waals surface area contributed by atoms with Crippen LogP contribution in [0.2, 0.25) is 5.02 Å². The fourth-order valence-corrected chi connectivity index (χ4v) is 4.38. The molecule has 0 spiro atoms. The van der Waals surface area contributed by atoms with E-state index in [1.165, 1.54) is 19.4 Å². The van der Waals surface area contributed by atoms with Crippen LogP contribution in [-0.2, 0) is 6.54 Å². The molecule has 1 amide bonds. The second-order valence-corrected chi connectivity index (χ2v) is 8.92. The van der Waals surface area contributed by atoms with Crippen molar-refractivity contribution >= 4 is 23.2 Å². The second kappa shape index (κ2) is 12.1. The Morgan fingerprint density at radius 2 is 1.97 bits per heavy atom. The maximum Gasteiger partial charge on any atom is 0.274 e. The van der Waals surface area contributed by atoms with Gasteiger partial charge in [0, 0.05) is 47.9 Å². The molecule has 0 fully saturated rings. The van der Waals surface area contributed by atoms with E-state index in [1.807, 2.05) is 19.1 Å². The molecule has 7 nitrogen and oxygen atoms in total. The molecule has 3 N–H and O–H groups in total. The van der Waals surface area contributed by atoms with E-state index < -0.39 is 5.82 Å². The highest BCUT2D eigenvalue weighted by Gasteiger charge is 2.19. The molecule has 0 saturated heterocycles. The standard InChI is InChI=1S/C29H27ClFN4O3/c1-17-7-8-25(34-15-17)29(37)35-24-6-4-5-20(18(24)2)21-9-10-33-28(27(21)30)19-13-23(31)22(16-32-11-12-36)26(14-19)38-3/h4-10,13-15,32,36H,1,11-12,16H2,2-3H3,(H,35,37). The maximum atomic E-state index is 15.1. The molecule has 4 aromatic rings. The van der Waals surface area contributed by atoms with Gasteiger partial charge in [0.05, 0.1) is 24.4 Å². The number of nitrogens with zero attached hydrogens (tertiary/aromatic N) is 2. The van der Waals surface area contributed by atoms with Crippen LogP contribution in [0.15, 0.2) is 60.9 Å². The number of benzene rings is 2. The summed E-state index contributed by atoms with van der Waals surface area (Å²) in [5, 5.41) is 15.2. The fraction of sp³-hybridized carbons (Fsp3) is 0.172. The summed E-state index contributed by atoms with van der Waals surface area (Å²) in [6.07, 6.45) is 3.14. The lowest BCUT2D eigenvalue weighted by Gasteiger charge is -2.16. The highest BCUT2D eigenvalue weighted by atomic mass is 35.5. The second-order valence-electron chi connectivity index (χ2n) is 8.54. The number of carbonyl (C=O) groups is 1. The topological polar surface area (TPSA) is 96.4 Å². The number of carbonyl (C=O) groups excluding carboxylic acids is 1. The number of pyridine rings is 2. The van der Waals surface area contributed by atoms with E-state index in [9.17, 15) is 4.79 Å². The quantitative estimate of drug-likeness (QED) is 0.248. The highest BCUT2D eigenvalue weighted by molar-refractivity contribution is 6.35. The zero-order valence-corrected chi connectivity index (χ0v) is 21.8. The van der Waals surface area contributed by atoms with Gasteiger partial charge in [0.25, 0.3) is 5.91 Å². The van der Waals surface area contributed by atoms with Crippen molar-refractivity contribution < 1.29 is 19.0 Å². The van der Waals surface area contributed by atoms with E-state index in [-0.39, 0.29) is 24.8 Å². The Balaban J connectivity index is 1.68. The van der Waals surface area contributed by atoms with E-state index in [0.717, 1.165) is 11.1 Å². The largest absolute Gasteiger partial charge is 0.496 e. The molecule has 0 aliphatic carbocycles. The van der Waals surface area contributed by atoms with Gasteiger partial charge in [0.1, 0.15) is 17.3 Å². The third-order valence-electron chi connectivity index (χ3n) is 6.06. The average Bonchev–Trinajstić information content (AvgIpc) is 2.91. The lowest BCUT2D eigenvalue weighted by molar-refractivity contribution is 0.102. The summed E-state index contributed by atoms with van der Waals surface area (Å²) in [4.78, 5) is 21.3. The number of aromatic nitrogens is 2. The number of amides is 1. The first-order chi connectivity index (χ1) is 18.3. The Morgan fingerprint density at radius 1 is 1.16 bits per heavy atom. The van der Waals surface area contributed by atoms with Gasteiger partial charge >= 0.3 is 0 Å². The summed E-state index contributed by atoms with van der Waals surface area (Å²) < 4.78 is 20.5. The third-order valence-corrected chi connectivity index (χ3v) is 6.44. The van der Waals surface area contributed by atoms with Gasteiger partial charge in [-0.2, -0.15) is 0 Å². The Hall–Kier alpha value is -3.85. The van der Waals surface area contributed by atoms with Crippen molar-refractivity contribution in [3.63, 3.8) is 0 Å². The Labute approximate surface area is 225 Å². The minimum absolute atomic E-state index is 0.0564. The van der Waals surface area contributed by atoms with Crippen LogP contribution in [0.25, 0.3) is 22.4 Å². The van der Waals surface area contributed by atoms with Crippen LogP contribution in [0.5, 0.6) is 5.75 Å². The van der Waals surface area contributed by atoms with Crippen molar-refractivity contribution in [2.75, 3.05) is 25.6 Å². The Bertz CT molecular complexity index is 1460. The maximum absolute atomic E-state index is 15.1. The van der Waals surface area contributed by atoms with Crippen molar-refractivity contribution in [2.24, 2.45) is 0 Å². The van der Waals surface area contributed by atoms with Crippen LogP contribution in [0.4, 0.5) is 10.1 Å². The number of aliphatic hydroxyl groups is 1. The molecule has 0 bridgehead atoms. The monoisotopic (exact) mass is 533 g/mol. The molecule has 4 rings (SSSR count). The summed E-state index contributed by atoms with van der Waals surface area (Å²) in [5.74, 6) is -0.479. The number of halogens is 2. The van der Waals surface area contributed by atoms with Gasteiger partial charge < -0.3 is 20.5 Å². The summed E-state index contributed by atoms with van der Waals surface area (Å²) >= 11 is 6.84. The van der Waals surface area contributed by atoms with Crippen LogP contribution >= 0.6 is 11.6 Å². The van der Waals surface area contributed by atoms with Crippen LogP contribution < -0.4 is 15.4 Å². The molecule has 0 aliphatic rings. The molecular weight excluding hydrogens is 507 g/mol.